The summed E-state index contributed by atoms with van der Waals surface area (Å²) in [6, 6.07) is 4.12. The second kappa shape index (κ2) is 7.46. The number of hydrogen-bond donors (Lipinski definition) is 1. The van der Waals surface area contributed by atoms with Crippen molar-refractivity contribution in [3.8, 4) is 5.75 Å². The summed E-state index contributed by atoms with van der Waals surface area (Å²) in [4.78, 5) is 14.2. The highest BCUT2D eigenvalue weighted by atomic mass is 16.5. The Hall–Kier alpha value is -1.55. The molecule has 1 fully saturated rings. The lowest BCUT2D eigenvalue weighted by Gasteiger charge is -2.27. The Morgan fingerprint density at radius 2 is 1.95 bits per heavy atom. The molecule has 0 saturated carbocycles. The van der Waals surface area contributed by atoms with Gasteiger partial charge < -0.3 is 15.0 Å². The number of nitrogens with one attached hydrogen (secondary N) is 1. The van der Waals surface area contributed by atoms with Crippen LogP contribution in [0.1, 0.15) is 30.0 Å². The van der Waals surface area contributed by atoms with Gasteiger partial charge in [-0.25, -0.2) is 0 Å². The molecule has 4 heteroatoms. The van der Waals surface area contributed by atoms with Gasteiger partial charge in [0.2, 0.25) is 5.91 Å². The van der Waals surface area contributed by atoms with Crippen LogP contribution in [0.5, 0.6) is 5.75 Å². The van der Waals surface area contributed by atoms with Crippen molar-refractivity contribution in [1.82, 2.24) is 10.2 Å². The van der Waals surface area contributed by atoms with E-state index in [0.717, 1.165) is 38.3 Å². The van der Waals surface area contributed by atoms with Crippen LogP contribution in [0, 0.1) is 13.8 Å². The fraction of sp³-hybridized carbons (Fsp3) is 0.588. The fourth-order valence-corrected chi connectivity index (χ4v) is 2.75. The van der Waals surface area contributed by atoms with Crippen molar-refractivity contribution in [1.29, 1.82) is 0 Å². The van der Waals surface area contributed by atoms with E-state index < -0.39 is 0 Å². The van der Waals surface area contributed by atoms with Gasteiger partial charge in [-0.15, -0.1) is 0 Å². The van der Waals surface area contributed by atoms with Crippen LogP contribution in [0.25, 0.3) is 0 Å². The number of rotatable bonds is 5. The maximum Gasteiger partial charge on any atom is 0.222 e. The first-order chi connectivity index (χ1) is 10.1. The number of nitrogens with zero attached hydrogens (tertiary/aromatic N) is 1. The number of carbonyl (C=O) groups is 1. The molecule has 1 heterocycles. The van der Waals surface area contributed by atoms with Gasteiger partial charge in [0, 0.05) is 32.6 Å². The molecule has 1 aromatic carbocycles. The van der Waals surface area contributed by atoms with Crippen molar-refractivity contribution in [2.45, 2.75) is 33.6 Å². The fourth-order valence-electron chi connectivity index (χ4n) is 2.75. The number of ether oxygens (including phenoxy) is 1. The molecular formula is C17H26N2O2. The van der Waals surface area contributed by atoms with Gasteiger partial charge in [-0.05, 0) is 49.9 Å². The maximum atomic E-state index is 12.2. The second-order valence-corrected chi connectivity index (χ2v) is 5.54. The summed E-state index contributed by atoms with van der Waals surface area (Å²) < 4.78 is 5.61. The Morgan fingerprint density at radius 3 is 2.62 bits per heavy atom. The number of hydrogen-bond acceptors (Lipinski definition) is 3. The SMILES string of the molecule is CCOc1ccc(CCC(=O)N2CCNCC2)c(C)c1C. The summed E-state index contributed by atoms with van der Waals surface area (Å²) in [5, 5.41) is 3.27. The second-order valence-electron chi connectivity index (χ2n) is 5.54. The Kier molecular flexibility index (Phi) is 5.62. The van der Waals surface area contributed by atoms with Crippen LogP contribution in [-0.2, 0) is 11.2 Å². The zero-order valence-corrected chi connectivity index (χ0v) is 13.4. The Balaban J connectivity index is 1.96. The van der Waals surface area contributed by atoms with Crippen molar-refractivity contribution in [2.24, 2.45) is 0 Å². The molecule has 1 N–H and O–H groups in total. The van der Waals surface area contributed by atoms with Crippen LogP contribution in [0.3, 0.4) is 0 Å². The molecule has 1 aliphatic heterocycles. The third kappa shape index (κ3) is 3.97. The topological polar surface area (TPSA) is 41.6 Å². The van der Waals surface area contributed by atoms with Gasteiger partial charge in [-0.1, -0.05) is 6.07 Å². The summed E-state index contributed by atoms with van der Waals surface area (Å²) in [6.45, 7) is 10.4. The zero-order valence-electron chi connectivity index (χ0n) is 13.4. The van der Waals surface area contributed by atoms with Crippen LogP contribution in [0.2, 0.25) is 0 Å². The molecule has 2 rings (SSSR count). The zero-order chi connectivity index (χ0) is 15.2. The molecule has 0 spiro atoms. The Bertz CT molecular complexity index is 494. The Morgan fingerprint density at radius 1 is 1.24 bits per heavy atom. The van der Waals surface area contributed by atoms with Crippen LogP contribution < -0.4 is 10.1 Å². The van der Waals surface area contributed by atoms with E-state index in [1.165, 1.54) is 16.7 Å². The molecule has 1 aliphatic rings. The van der Waals surface area contributed by atoms with E-state index in [-0.39, 0.29) is 5.91 Å². The molecule has 1 saturated heterocycles. The number of carbonyl (C=O) groups excluding carboxylic acids is 1. The van der Waals surface area contributed by atoms with E-state index >= 15 is 0 Å². The third-order valence-electron chi connectivity index (χ3n) is 4.23. The molecule has 21 heavy (non-hydrogen) atoms. The van der Waals surface area contributed by atoms with Gasteiger partial charge >= 0.3 is 0 Å². The molecule has 0 bridgehead atoms. The molecule has 0 unspecified atom stereocenters. The lowest BCUT2D eigenvalue weighted by Crippen LogP contribution is -2.46. The molecule has 0 atom stereocenters. The van der Waals surface area contributed by atoms with Gasteiger partial charge in [-0.2, -0.15) is 0 Å². The van der Waals surface area contributed by atoms with E-state index in [1.807, 2.05) is 17.9 Å². The highest BCUT2D eigenvalue weighted by Gasteiger charge is 2.16. The summed E-state index contributed by atoms with van der Waals surface area (Å²) in [5.74, 6) is 1.22. The third-order valence-corrected chi connectivity index (χ3v) is 4.23. The van der Waals surface area contributed by atoms with E-state index in [2.05, 4.69) is 25.2 Å². The maximum absolute atomic E-state index is 12.2. The van der Waals surface area contributed by atoms with Crippen molar-refractivity contribution < 1.29 is 9.53 Å². The smallest absolute Gasteiger partial charge is 0.222 e. The first kappa shape index (κ1) is 15.8. The van der Waals surface area contributed by atoms with Crippen molar-refractivity contribution >= 4 is 5.91 Å². The van der Waals surface area contributed by atoms with Crippen LogP contribution in [-0.4, -0.2) is 43.6 Å². The van der Waals surface area contributed by atoms with E-state index in [9.17, 15) is 4.79 Å². The molecule has 116 valence electrons. The summed E-state index contributed by atoms with van der Waals surface area (Å²) in [5.41, 5.74) is 3.68. The van der Waals surface area contributed by atoms with Crippen molar-refractivity contribution in [3.05, 3.63) is 28.8 Å². The number of aryl methyl sites for hydroxylation is 1. The van der Waals surface area contributed by atoms with Crippen molar-refractivity contribution in [3.63, 3.8) is 0 Å². The molecule has 1 amide bonds. The van der Waals surface area contributed by atoms with E-state index in [4.69, 9.17) is 4.74 Å². The predicted octanol–water partition coefficient (Wildman–Crippen LogP) is 2.07. The van der Waals surface area contributed by atoms with E-state index in [0.29, 0.717) is 13.0 Å². The van der Waals surface area contributed by atoms with Crippen molar-refractivity contribution in [2.75, 3.05) is 32.8 Å². The molecule has 4 nitrogen and oxygen atoms in total. The number of piperazine rings is 1. The lowest BCUT2D eigenvalue weighted by atomic mass is 9.98. The summed E-state index contributed by atoms with van der Waals surface area (Å²) >= 11 is 0. The van der Waals surface area contributed by atoms with Crippen LogP contribution >= 0.6 is 0 Å². The number of amides is 1. The molecule has 0 radical (unpaired) electrons. The minimum absolute atomic E-state index is 0.266. The molecule has 0 aliphatic carbocycles. The largest absolute Gasteiger partial charge is 0.494 e. The molecule has 1 aromatic rings. The van der Waals surface area contributed by atoms with Gasteiger partial charge in [0.25, 0.3) is 0 Å². The summed E-state index contributed by atoms with van der Waals surface area (Å²) in [7, 11) is 0. The lowest BCUT2D eigenvalue weighted by molar-refractivity contribution is -0.131. The monoisotopic (exact) mass is 290 g/mol. The van der Waals surface area contributed by atoms with Crippen LogP contribution in [0.15, 0.2) is 12.1 Å². The number of benzene rings is 1. The Labute approximate surface area is 127 Å². The first-order valence-corrected chi connectivity index (χ1v) is 7.83. The van der Waals surface area contributed by atoms with Gasteiger partial charge in [0.1, 0.15) is 5.75 Å². The average Bonchev–Trinajstić information content (AvgIpc) is 2.52. The highest BCUT2D eigenvalue weighted by molar-refractivity contribution is 5.76. The minimum Gasteiger partial charge on any atom is -0.494 e. The minimum atomic E-state index is 0.266. The van der Waals surface area contributed by atoms with Gasteiger partial charge in [0.15, 0.2) is 0 Å². The summed E-state index contributed by atoms with van der Waals surface area (Å²) in [6.07, 6.45) is 1.40. The van der Waals surface area contributed by atoms with Crippen LogP contribution in [0.4, 0.5) is 0 Å². The van der Waals surface area contributed by atoms with E-state index in [1.54, 1.807) is 0 Å². The quantitative estimate of drug-likeness (QED) is 0.902. The first-order valence-electron chi connectivity index (χ1n) is 7.83. The standard InChI is InChI=1S/C17H26N2O2/c1-4-21-16-7-5-15(13(2)14(16)3)6-8-17(20)19-11-9-18-10-12-19/h5,7,18H,4,6,8-12H2,1-3H3. The molecule has 0 aromatic heterocycles. The molecular weight excluding hydrogens is 264 g/mol. The highest BCUT2D eigenvalue weighted by Crippen LogP contribution is 2.25. The average molecular weight is 290 g/mol. The normalized spacial score (nSPS) is 15.1. The van der Waals surface area contributed by atoms with Gasteiger partial charge in [0.05, 0.1) is 6.61 Å². The predicted molar refractivity (Wildman–Crippen MR) is 84.9 cm³/mol. The van der Waals surface area contributed by atoms with Gasteiger partial charge in [-0.3, -0.25) is 4.79 Å².